The maximum Gasteiger partial charge on any atom is 0.306 e. The summed E-state index contributed by atoms with van der Waals surface area (Å²) in [6.07, 6.45) is 91.6. The molecule has 0 bridgehead atoms. The minimum Gasteiger partial charge on any atom is -0.462 e. The van der Waals surface area contributed by atoms with Gasteiger partial charge in [-0.15, -0.1) is 0 Å². The Morgan fingerprint density at radius 3 is 0.687 bits per heavy atom. The highest BCUT2D eigenvalue weighted by molar-refractivity contribution is 5.71. The molecule has 0 aromatic carbocycles. The van der Waals surface area contributed by atoms with Gasteiger partial charge in [-0.05, 0) is 83.5 Å². The first-order valence-corrected chi connectivity index (χ1v) is 37.1. The maximum absolute atomic E-state index is 13.0. The van der Waals surface area contributed by atoms with E-state index >= 15 is 0 Å². The molecule has 0 rings (SSSR count). The topological polar surface area (TPSA) is 78.9 Å². The highest BCUT2D eigenvalue weighted by atomic mass is 16.6. The lowest BCUT2D eigenvalue weighted by atomic mass is 10.0. The van der Waals surface area contributed by atoms with Gasteiger partial charge in [0.2, 0.25) is 0 Å². The van der Waals surface area contributed by atoms with Gasteiger partial charge in [0, 0.05) is 19.3 Å². The second-order valence-electron chi connectivity index (χ2n) is 25.2. The van der Waals surface area contributed by atoms with Gasteiger partial charge in [0.15, 0.2) is 6.10 Å². The van der Waals surface area contributed by atoms with Crippen LogP contribution in [0.15, 0.2) is 48.6 Å². The Morgan fingerprint density at radius 1 is 0.241 bits per heavy atom. The number of ether oxygens (including phenoxy) is 3. The smallest absolute Gasteiger partial charge is 0.306 e. The summed E-state index contributed by atoms with van der Waals surface area (Å²) in [4.78, 5) is 38.5. The van der Waals surface area contributed by atoms with Gasteiger partial charge in [-0.2, -0.15) is 0 Å². The van der Waals surface area contributed by atoms with E-state index in [4.69, 9.17) is 14.2 Å². The SMILES string of the molecule is CCCCC/C=C\C/C=C\CCCCCCCC(=O)OCC(COC(=O)CCCCCCCCCCCCCCCCCCCCCCCCCCCCCCC)OC(=O)CCCCCCCCCCC/C=C\C/C=C\CCCCCCC. The zero-order chi connectivity index (χ0) is 59.9. The average Bonchev–Trinajstić information content (AvgIpc) is 3.49. The molecule has 6 nitrogen and oxygen atoms in total. The number of hydrogen-bond acceptors (Lipinski definition) is 6. The van der Waals surface area contributed by atoms with Gasteiger partial charge in [-0.3, -0.25) is 14.4 Å². The predicted octanol–water partition coefficient (Wildman–Crippen LogP) is 25.7. The van der Waals surface area contributed by atoms with Crippen LogP contribution in [-0.4, -0.2) is 37.2 Å². The zero-order valence-corrected chi connectivity index (χ0v) is 56.0. The largest absolute Gasteiger partial charge is 0.462 e. The van der Waals surface area contributed by atoms with Crippen molar-refractivity contribution in [2.45, 2.75) is 412 Å². The van der Waals surface area contributed by atoms with Crippen LogP contribution in [0.4, 0.5) is 0 Å². The molecule has 0 aliphatic carbocycles. The van der Waals surface area contributed by atoms with Gasteiger partial charge in [-0.25, -0.2) is 0 Å². The molecule has 0 N–H and O–H groups in total. The normalized spacial score (nSPS) is 12.3. The summed E-state index contributed by atoms with van der Waals surface area (Å²) < 4.78 is 17.0. The third kappa shape index (κ3) is 70.0. The second kappa shape index (κ2) is 71.8. The van der Waals surface area contributed by atoms with Crippen LogP contribution >= 0.6 is 0 Å². The first-order chi connectivity index (χ1) is 41.0. The number of esters is 3. The van der Waals surface area contributed by atoms with Crippen molar-refractivity contribution in [2.24, 2.45) is 0 Å². The molecule has 0 heterocycles. The number of hydrogen-bond donors (Lipinski definition) is 0. The van der Waals surface area contributed by atoms with Crippen molar-refractivity contribution < 1.29 is 28.6 Å². The molecule has 0 saturated heterocycles. The van der Waals surface area contributed by atoms with Gasteiger partial charge in [-0.1, -0.05) is 352 Å². The number of carbonyl (C=O) groups is 3. The van der Waals surface area contributed by atoms with Crippen LogP contribution in [0.2, 0.25) is 0 Å². The summed E-state index contributed by atoms with van der Waals surface area (Å²) in [5.74, 6) is -0.867. The molecular weight excluding hydrogens is 1020 g/mol. The summed E-state index contributed by atoms with van der Waals surface area (Å²) in [5.41, 5.74) is 0. The molecule has 0 spiro atoms. The molecule has 0 amide bonds. The minimum absolute atomic E-state index is 0.0753. The van der Waals surface area contributed by atoms with E-state index in [1.807, 2.05) is 0 Å². The molecule has 83 heavy (non-hydrogen) atoms. The van der Waals surface area contributed by atoms with Crippen molar-refractivity contribution in [3.63, 3.8) is 0 Å². The Kier molecular flexibility index (Phi) is 69.6. The van der Waals surface area contributed by atoms with Crippen LogP contribution < -0.4 is 0 Å². The lowest BCUT2D eigenvalue weighted by molar-refractivity contribution is -0.167. The standard InChI is InChI=1S/C77H142O6/c1-4-7-10-13-16-19-22-25-28-30-32-34-35-36-37-38-39-40-41-43-44-46-49-52-55-58-61-64-67-70-76(79)82-73-74(72-81-75(78)69-66-63-60-57-54-51-48-27-24-21-18-15-12-9-6-3)83-77(80)71-68-65-62-59-56-53-50-47-45-42-33-31-29-26-23-20-17-14-11-8-5-2/h18,21,23,26-27,31,33,48,74H,4-17,19-20,22,24-25,28-30,32,34-47,49-73H2,1-3H3/b21-18-,26-23-,33-31-,48-27-. The van der Waals surface area contributed by atoms with E-state index < -0.39 is 6.10 Å². The van der Waals surface area contributed by atoms with Crippen LogP contribution in [0.25, 0.3) is 0 Å². The van der Waals surface area contributed by atoms with Crippen LogP contribution in [-0.2, 0) is 28.6 Å². The molecule has 0 fully saturated rings. The van der Waals surface area contributed by atoms with Crippen LogP contribution in [0.5, 0.6) is 0 Å². The van der Waals surface area contributed by atoms with E-state index in [0.717, 1.165) is 83.5 Å². The molecule has 0 aliphatic rings. The number of allylic oxidation sites excluding steroid dienone is 8. The fourth-order valence-electron chi connectivity index (χ4n) is 11.2. The maximum atomic E-state index is 13.0. The Bertz CT molecular complexity index is 1430. The molecule has 0 aromatic rings. The average molecular weight is 1160 g/mol. The van der Waals surface area contributed by atoms with Gasteiger partial charge in [0.05, 0.1) is 0 Å². The predicted molar refractivity (Wildman–Crippen MR) is 362 cm³/mol. The monoisotopic (exact) mass is 1160 g/mol. The van der Waals surface area contributed by atoms with Crippen molar-refractivity contribution >= 4 is 17.9 Å². The highest BCUT2D eigenvalue weighted by Gasteiger charge is 2.19. The summed E-state index contributed by atoms with van der Waals surface area (Å²) in [5, 5.41) is 0. The van der Waals surface area contributed by atoms with Gasteiger partial charge in [0.1, 0.15) is 13.2 Å². The lowest BCUT2D eigenvalue weighted by Gasteiger charge is -2.18. The summed E-state index contributed by atoms with van der Waals surface area (Å²) in [6, 6.07) is 0. The van der Waals surface area contributed by atoms with Gasteiger partial charge < -0.3 is 14.2 Å². The van der Waals surface area contributed by atoms with Crippen LogP contribution in [0, 0.1) is 0 Å². The van der Waals surface area contributed by atoms with Crippen molar-refractivity contribution in [3.05, 3.63) is 48.6 Å². The molecule has 0 aromatic heterocycles. The first kappa shape index (κ1) is 80.4. The summed E-state index contributed by atoms with van der Waals surface area (Å²) >= 11 is 0. The molecule has 0 saturated carbocycles. The fraction of sp³-hybridized carbons (Fsp3) is 0.857. The quantitative estimate of drug-likeness (QED) is 0.0261. The van der Waals surface area contributed by atoms with Gasteiger partial charge >= 0.3 is 17.9 Å². The van der Waals surface area contributed by atoms with E-state index in [9.17, 15) is 14.4 Å². The van der Waals surface area contributed by atoms with Crippen molar-refractivity contribution in [3.8, 4) is 0 Å². The minimum atomic E-state index is -0.782. The zero-order valence-electron chi connectivity index (χ0n) is 56.0. The molecule has 0 aliphatic heterocycles. The lowest BCUT2D eigenvalue weighted by Crippen LogP contribution is -2.30. The number of rotatable bonds is 69. The van der Waals surface area contributed by atoms with E-state index in [1.54, 1.807) is 0 Å². The Balaban J connectivity index is 4.23. The molecular formula is C77H142O6. The molecule has 1 unspecified atom stereocenters. The van der Waals surface area contributed by atoms with E-state index in [1.165, 1.54) is 283 Å². The van der Waals surface area contributed by atoms with E-state index in [2.05, 4.69) is 69.4 Å². The Hall–Kier alpha value is -2.63. The van der Waals surface area contributed by atoms with E-state index in [-0.39, 0.29) is 31.1 Å². The third-order valence-electron chi connectivity index (χ3n) is 16.8. The van der Waals surface area contributed by atoms with Crippen LogP contribution in [0.1, 0.15) is 406 Å². The number of carbonyl (C=O) groups excluding carboxylic acids is 3. The van der Waals surface area contributed by atoms with Crippen molar-refractivity contribution in [1.82, 2.24) is 0 Å². The molecule has 6 heteroatoms. The number of unbranched alkanes of at least 4 members (excludes halogenated alkanes) is 50. The summed E-state index contributed by atoms with van der Waals surface area (Å²) in [7, 11) is 0. The van der Waals surface area contributed by atoms with Crippen LogP contribution in [0.3, 0.4) is 0 Å². The second-order valence-corrected chi connectivity index (χ2v) is 25.2. The molecule has 486 valence electrons. The van der Waals surface area contributed by atoms with Gasteiger partial charge in [0.25, 0.3) is 0 Å². The Morgan fingerprint density at radius 2 is 0.434 bits per heavy atom. The third-order valence-corrected chi connectivity index (χ3v) is 16.8. The summed E-state index contributed by atoms with van der Waals surface area (Å²) in [6.45, 7) is 6.66. The molecule has 0 radical (unpaired) electrons. The first-order valence-electron chi connectivity index (χ1n) is 37.1. The molecule has 1 atom stereocenters. The highest BCUT2D eigenvalue weighted by Crippen LogP contribution is 2.19. The van der Waals surface area contributed by atoms with Crippen molar-refractivity contribution in [1.29, 1.82) is 0 Å². The fourth-order valence-corrected chi connectivity index (χ4v) is 11.2. The van der Waals surface area contributed by atoms with Crippen molar-refractivity contribution in [2.75, 3.05) is 13.2 Å². The Labute approximate surface area is 518 Å². The van der Waals surface area contributed by atoms with E-state index in [0.29, 0.717) is 19.3 Å².